The van der Waals surface area contributed by atoms with Crippen LogP contribution >= 0.6 is 27.5 Å². The number of nitrogens with zero attached hydrogens (tertiary/aromatic N) is 4. The molecule has 2 heterocycles. The Kier molecular flexibility index (Phi) is 5.05. The number of hydrogen-bond acceptors (Lipinski definition) is 3. The second kappa shape index (κ2) is 6.62. The summed E-state index contributed by atoms with van der Waals surface area (Å²) < 4.78 is 4.44. The molecule has 0 saturated carbocycles. The van der Waals surface area contributed by atoms with Crippen LogP contribution in [0.1, 0.15) is 28.3 Å². The quantitative estimate of drug-likeness (QED) is 0.818. The summed E-state index contributed by atoms with van der Waals surface area (Å²) in [4.78, 5) is 12.0. The molecule has 0 spiro atoms. The first-order valence-electron chi connectivity index (χ1n) is 6.57. The molecule has 0 fully saturated rings. The van der Waals surface area contributed by atoms with Crippen molar-refractivity contribution in [3.8, 4) is 0 Å². The van der Waals surface area contributed by atoms with Gasteiger partial charge in [0.2, 0.25) is 0 Å². The Hall–Kier alpha value is -1.34. The van der Waals surface area contributed by atoms with Crippen molar-refractivity contribution in [2.45, 2.75) is 26.8 Å². The molecule has 0 saturated heterocycles. The normalized spacial score (nSPS) is 10.9. The summed E-state index contributed by atoms with van der Waals surface area (Å²) in [6.45, 7) is 5.27. The molecule has 6 nitrogen and oxygen atoms in total. The van der Waals surface area contributed by atoms with Gasteiger partial charge in [-0.1, -0.05) is 11.6 Å². The molecular formula is C13H17BrClN5O. The Bertz CT molecular complexity index is 644. The molecular weight excluding hydrogens is 358 g/mol. The van der Waals surface area contributed by atoms with E-state index in [1.165, 1.54) is 10.9 Å². The van der Waals surface area contributed by atoms with Crippen LogP contribution in [0.3, 0.4) is 0 Å². The van der Waals surface area contributed by atoms with Crippen LogP contribution in [0.25, 0.3) is 0 Å². The van der Waals surface area contributed by atoms with Crippen molar-refractivity contribution >= 4 is 33.4 Å². The van der Waals surface area contributed by atoms with Gasteiger partial charge in [0.1, 0.15) is 5.69 Å². The van der Waals surface area contributed by atoms with E-state index >= 15 is 0 Å². The maximum atomic E-state index is 12.0. The van der Waals surface area contributed by atoms with Crippen LogP contribution in [0.5, 0.6) is 0 Å². The van der Waals surface area contributed by atoms with Crippen LogP contribution in [0.4, 0.5) is 0 Å². The van der Waals surface area contributed by atoms with Crippen LogP contribution in [-0.2, 0) is 13.6 Å². The predicted molar refractivity (Wildman–Crippen MR) is 84.6 cm³/mol. The smallest absolute Gasteiger partial charge is 0.271 e. The van der Waals surface area contributed by atoms with Gasteiger partial charge in [0, 0.05) is 25.8 Å². The van der Waals surface area contributed by atoms with Crippen molar-refractivity contribution in [3.63, 3.8) is 0 Å². The third kappa shape index (κ3) is 3.47. The highest BCUT2D eigenvalue weighted by molar-refractivity contribution is 9.10. The average molecular weight is 375 g/mol. The minimum absolute atomic E-state index is 0.213. The van der Waals surface area contributed by atoms with Crippen molar-refractivity contribution in [2.75, 3.05) is 6.54 Å². The van der Waals surface area contributed by atoms with Crippen LogP contribution in [-0.4, -0.2) is 32.0 Å². The van der Waals surface area contributed by atoms with Crippen LogP contribution in [0.2, 0.25) is 5.02 Å². The molecule has 0 atom stereocenters. The highest BCUT2D eigenvalue weighted by atomic mass is 79.9. The SMILES string of the molecule is Cc1nn(CCCNC(=O)c2c(Cl)cnn2C)c(C)c1Br. The second-order valence-corrected chi connectivity index (χ2v) is 5.98. The lowest BCUT2D eigenvalue weighted by atomic mass is 10.3. The number of halogens is 2. The minimum atomic E-state index is -0.213. The maximum Gasteiger partial charge on any atom is 0.271 e. The number of amides is 1. The first-order chi connectivity index (χ1) is 9.91. The minimum Gasteiger partial charge on any atom is -0.351 e. The van der Waals surface area contributed by atoms with Gasteiger partial charge in [-0.05, 0) is 36.2 Å². The summed E-state index contributed by atoms with van der Waals surface area (Å²) in [5.74, 6) is -0.213. The van der Waals surface area contributed by atoms with Crippen molar-refractivity contribution in [1.82, 2.24) is 24.9 Å². The van der Waals surface area contributed by atoms with Crippen LogP contribution < -0.4 is 5.32 Å². The standard InChI is InChI=1S/C13H17BrClN5O/c1-8-11(14)9(2)20(18-8)6-4-5-16-13(21)12-10(15)7-17-19(12)3/h7H,4-6H2,1-3H3,(H,16,21). The van der Waals surface area contributed by atoms with E-state index in [1.807, 2.05) is 18.5 Å². The largest absolute Gasteiger partial charge is 0.351 e. The fourth-order valence-corrected chi connectivity index (χ4v) is 2.61. The average Bonchev–Trinajstić information content (AvgIpc) is 2.90. The summed E-state index contributed by atoms with van der Waals surface area (Å²) in [5.41, 5.74) is 2.44. The van der Waals surface area contributed by atoms with Gasteiger partial charge in [-0.3, -0.25) is 14.2 Å². The molecule has 2 aromatic rings. The molecule has 0 aromatic carbocycles. The zero-order valence-electron chi connectivity index (χ0n) is 12.2. The molecule has 2 rings (SSSR count). The molecule has 114 valence electrons. The van der Waals surface area contributed by atoms with Gasteiger partial charge in [0.05, 0.1) is 21.4 Å². The van der Waals surface area contributed by atoms with E-state index in [2.05, 4.69) is 31.4 Å². The topological polar surface area (TPSA) is 64.7 Å². The number of rotatable bonds is 5. The summed E-state index contributed by atoms with van der Waals surface area (Å²) in [7, 11) is 1.69. The Morgan fingerprint density at radius 1 is 1.48 bits per heavy atom. The molecule has 0 aliphatic heterocycles. The molecule has 0 aliphatic carbocycles. The van der Waals surface area contributed by atoms with Crippen molar-refractivity contribution in [1.29, 1.82) is 0 Å². The van der Waals surface area contributed by atoms with E-state index in [1.54, 1.807) is 7.05 Å². The fourth-order valence-electron chi connectivity index (χ4n) is 2.07. The number of aromatic nitrogens is 4. The number of nitrogens with one attached hydrogen (secondary N) is 1. The van der Waals surface area contributed by atoms with Crippen LogP contribution in [0, 0.1) is 13.8 Å². The lowest BCUT2D eigenvalue weighted by Gasteiger charge is -2.07. The Balaban J connectivity index is 1.85. The highest BCUT2D eigenvalue weighted by Gasteiger charge is 2.15. The fraction of sp³-hybridized carbons (Fsp3) is 0.462. The molecule has 8 heteroatoms. The van der Waals surface area contributed by atoms with Gasteiger partial charge in [-0.15, -0.1) is 0 Å². The maximum absolute atomic E-state index is 12.0. The molecule has 0 aliphatic rings. The predicted octanol–water partition coefficient (Wildman–Crippen LogP) is 2.47. The van der Waals surface area contributed by atoms with E-state index in [4.69, 9.17) is 11.6 Å². The molecule has 2 aromatic heterocycles. The van der Waals surface area contributed by atoms with Gasteiger partial charge in [-0.25, -0.2) is 0 Å². The highest BCUT2D eigenvalue weighted by Crippen LogP contribution is 2.19. The second-order valence-electron chi connectivity index (χ2n) is 4.78. The van der Waals surface area contributed by atoms with Crippen molar-refractivity contribution < 1.29 is 4.79 Å². The first kappa shape index (κ1) is 16.0. The van der Waals surface area contributed by atoms with Gasteiger partial charge in [-0.2, -0.15) is 10.2 Å². The third-order valence-electron chi connectivity index (χ3n) is 3.23. The lowest BCUT2D eigenvalue weighted by Crippen LogP contribution is -2.27. The lowest BCUT2D eigenvalue weighted by molar-refractivity contribution is 0.0943. The van der Waals surface area contributed by atoms with Gasteiger partial charge < -0.3 is 5.32 Å². The summed E-state index contributed by atoms with van der Waals surface area (Å²) >= 11 is 9.42. The van der Waals surface area contributed by atoms with Crippen molar-refractivity contribution in [2.24, 2.45) is 7.05 Å². The zero-order chi connectivity index (χ0) is 15.6. The van der Waals surface area contributed by atoms with Gasteiger partial charge in [0.25, 0.3) is 5.91 Å². The van der Waals surface area contributed by atoms with Gasteiger partial charge in [0.15, 0.2) is 0 Å². The zero-order valence-corrected chi connectivity index (χ0v) is 14.5. The Morgan fingerprint density at radius 3 is 2.71 bits per heavy atom. The summed E-state index contributed by atoms with van der Waals surface area (Å²) in [5, 5.41) is 11.6. The number of aryl methyl sites for hydroxylation is 3. The van der Waals surface area contributed by atoms with E-state index in [0.29, 0.717) is 17.3 Å². The molecule has 21 heavy (non-hydrogen) atoms. The monoisotopic (exact) mass is 373 g/mol. The molecule has 0 bridgehead atoms. The third-order valence-corrected chi connectivity index (χ3v) is 4.66. The molecule has 1 N–H and O–H groups in total. The summed E-state index contributed by atoms with van der Waals surface area (Å²) in [6, 6.07) is 0. The Morgan fingerprint density at radius 2 is 2.19 bits per heavy atom. The van der Waals surface area contributed by atoms with E-state index in [-0.39, 0.29) is 5.91 Å². The number of carbonyl (C=O) groups excluding carboxylic acids is 1. The summed E-state index contributed by atoms with van der Waals surface area (Å²) in [6.07, 6.45) is 2.25. The van der Waals surface area contributed by atoms with E-state index < -0.39 is 0 Å². The first-order valence-corrected chi connectivity index (χ1v) is 7.74. The molecule has 1 amide bonds. The van der Waals surface area contributed by atoms with E-state index in [0.717, 1.165) is 28.8 Å². The van der Waals surface area contributed by atoms with Crippen LogP contribution in [0.15, 0.2) is 10.7 Å². The number of hydrogen-bond donors (Lipinski definition) is 1. The Labute approximate surface area is 136 Å². The van der Waals surface area contributed by atoms with Gasteiger partial charge >= 0.3 is 0 Å². The number of carbonyl (C=O) groups is 1. The van der Waals surface area contributed by atoms with Crippen molar-refractivity contribution in [3.05, 3.63) is 32.8 Å². The molecule has 0 unspecified atom stereocenters. The molecule has 0 radical (unpaired) electrons. The van der Waals surface area contributed by atoms with E-state index in [9.17, 15) is 4.79 Å².